The van der Waals surface area contributed by atoms with Gasteiger partial charge in [-0.3, -0.25) is 4.79 Å². The maximum absolute atomic E-state index is 12.2. The van der Waals surface area contributed by atoms with Gasteiger partial charge in [0.25, 0.3) is 5.91 Å². The topological polar surface area (TPSA) is 38.3 Å². The molecule has 1 amide bonds. The summed E-state index contributed by atoms with van der Waals surface area (Å²) in [5.74, 6) is -0.0614. The number of carbonyl (C=O) groups is 1. The van der Waals surface area contributed by atoms with Gasteiger partial charge >= 0.3 is 0 Å². The summed E-state index contributed by atoms with van der Waals surface area (Å²) in [5, 5.41) is 3.06. The van der Waals surface area contributed by atoms with Crippen LogP contribution in [0.15, 0.2) is 27.6 Å². The highest BCUT2D eigenvalue weighted by molar-refractivity contribution is 9.10. The molecule has 18 heavy (non-hydrogen) atoms. The lowest BCUT2D eigenvalue weighted by Crippen LogP contribution is -2.41. The molecule has 2 heterocycles. The molecule has 5 heteroatoms. The van der Waals surface area contributed by atoms with Gasteiger partial charge in [-0.2, -0.15) is 0 Å². The number of fused-ring (bicyclic) bond motifs is 2. The summed E-state index contributed by atoms with van der Waals surface area (Å²) < 4.78 is 6.65. The van der Waals surface area contributed by atoms with Crippen LogP contribution in [-0.2, 0) is 4.74 Å². The van der Waals surface area contributed by atoms with Gasteiger partial charge < -0.3 is 10.1 Å². The van der Waals surface area contributed by atoms with Gasteiger partial charge in [0.05, 0.1) is 23.8 Å². The van der Waals surface area contributed by atoms with Crippen molar-refractivity contribution in [3.8, 4) is 0 Å². The van der Waals surface area contributed by atoms with Crippen molar-refractivity contribution in [1.29, 1.82) is 0 Å². The Labute approximate surface area is 120 Å². The van der Waals surface area contributed by atoms with E-state index in [4.69, 9.17) is 4.74 Å². The molecule has 0 aliphatic carbocycles. The minimum atomic E-state index is -0.0614. The van der Waals surface area contributed by atoms with Gasteiger partial charge in [-0.1, -0.05) is 15.9 Å². The maximum Gasteiger partial charge on any atom is 0.252 e. The first-order valence-electron chi connectivity index (χ1n) is 6.08. The average molecular weight is 328 g/mol. The Morgan fingerprint density at radius 1 is 1.44 bits per heavy atom. The molecule has 0 saturated carbocycles. The van der Waals surface area contributed by atoms with Crippen molar-refractivity contribution < 1.29 is 9.53 Å². The van der Waals surface area contributed by atoms with E-state index in [2.05, 4.69) is 33.9 Å². The average Bonchev–Trinajstić information content (AvgIpc) is 2.90. The minimum Gasteiger partial charge on any atom is -0.373 e. The molecule has 2 saturated heterocycles. The second-order valence-electron chi connectivity index (χ2n) is 4.85. The van der Waals surface area contributed by atoms with Gasteiger partial charge in [0.1, 0.15) is 0 Å². The first-order chi connectivity index (χ1) is 8.63. The van der Waals surface area contributed by atoms with Crippen LogP contribution < -0.4 is 5.32 Å². The number of rotatable bonds is 2. The number of ether oxygens (including phenoxy) is 1. The van der Waals surface area contributed by atoms with Crippen LogP contribution in [0.3, 0.4) is 0 Å². The summed E-state index contributed by atoms with van der Waals surface area (Å²) in [6.07, 6.45) is 3.68. The second kappa shape index (κ2) is 4.87. The van der Waals surface area contributed by atoms with E-state index in [1.807, 2.05) is 12.1 Å². The summed E-state index contributed by atoms with van der Waals surface area (Å²) >= 11 is 7.70. The minimum absolute atomic E-state index is 0.0614. The Morgan fingerprint density at radius 2 is 2.28 bits per heavy atom. The largest absolute Gasteiger partial charge is 0.373 e. The van der Waals surface area contributed by atoms with Crippen molar-refractivity contribution >= 4 is 34.5 Å². The zero-order valence-corrected chi connectivity index (χ0v) is 12.2. The third-order valence-electron chi connectivity index (χ3n) is 3.63. The number of halogens is 1. The number of benzene rings is 1. The molecule has 2 fully saturated rings. The molecular formula is C13H14BrNO2S. The fraction of sp³-hybridized carbons (Fsp3) is 0.462. The smallest absolute Gasteiger partial charge is 0.252 e. The van der Waals surface area contributed by atoms with E-state index in [0.29, 0.717) is 16.6 Å². The Balaban J connectivity index is 1.71. The van der Waals surface area contributed by atoms with Crippen LogP contribution in [0.4, 0.5) is 0 Å². The lowest BCUT2D eigenvalue weighted by molar-refractivity contribution is 0.0839. The van der Waals surface area contributed by atoms with Crippen LogP contribution in [-0.4, -0.2) is 24.2 Å². The van der Waals surface area contributed by atoms with Crippen molar-refractivity contribution in [2.45, 2.75) is 42.4 Å². The van der Waals surface area contributed by atoms with Crippen molar-refractivity contribution in [3.63, 3.8) is 0 Å². The molecule has 0 radical (unpaired) electrons. The SMILES string of the molecule is O=C(NC1CC2CCC1O2)c1ccc(Br)cc1S. The highest BCUT2D eigenvalue weighted by Crippen LogP contribution is 2.34. The molecule has 2 aliphatic rings. The molecule has 0 spiro atoms. The maximum atomic E-state index is 12.2. The molecule has 1 aromatic carbocycles. The monoisotopic (exact) mass is 327 g/mol. The third kappa shape index (κ3) is 2.31. The molecule has 3 unspecified atom stereocenters. The quantitative estimate of drug-likeness (QED) is 0.820. The highest BCUT2D eigenvalue weighted by Gasteiger charge is 2.41. The van der Waals surface area contributed by atoms with E-state index < -0.39 is 0 Å². The molecule has 2 aliphatic heterocycles. The first kappa shape index (κ1) is 12.5. The molecule has 1 N–H and O–H groups in total. The zero-order chi connectivity index (χ0) is 12.7. The van der Waals surface area contributed by atoms with Gasteiger partial charge in [-0.15, -0.1) is 12.6 Å². The van der Waals surface area contributed by atoms with E-state index in [1.54, 1.807) is 6.07 Å². The number of carbonyl (C=O) groups excluding carboxylic acids is 1. The van der Waals surface area contributed by atoms with Gasteiger partial charge in [0.15, 0.2) is 0 Å². The number of amides is 1. The van der Waals surface area contributed by atoms with E-state index in [1.165, 1.54) is 0 Å². The molecule has 3 rings (SSSR count). The molecular weight excluding hydrogens is 314 g/mol. The van der Waals surface area contributed by atoms with Gasteiger partial charge in [0, 0.05) is 9.37 Å². The summed E-state index contributed by atoms with van der Waals surface area (Å²) in [4.78, 5) is 12.9. The van der Waals surface area contributed by atoms with Gasteiger partial charge in [-0.05, 0) is 37.5 Å². The molecule has 0 aromatic heterocycles. The summed E-state index contributed by atoms with van der Waals surface area (Å²) in [5.41, 5.74) is 0.615. The van der Waals surface area contributed by atoms with E-state index >= 15 is 0 Å². The van der Waals surface area contributed by atoms with E-state index in [9.17, 15) is 4.79 Å². The fourth-order valence-electron chi connectivity index (χ4n) is 2.73. The highest BCUT2D eigenvalue weighted by atomic mass is 79.9. The van der Waals surface area contributed by atoms with Gasteiger partial charge in [-0.25, -0.2) is 0 Å². The lowest BCUT2D eigenvalue weighted by atomic mass is 9.95. The predicted molar refractivity (Wildman–Crippen MR) is 75.2 cm³/mol. The van der Waals surface area contributed by atoms with Crippen LogP contribution in [0, 0.1) is 0 Å². The standard InChI is InChI=1S/C13H14BrNO2S/c14-7-1-3-9(12(18)5-7)13(16)15-10-6-8-2-4-11(10)17-8/h1,3,5,8,10-11,18H,2,4,6H2,(H,15,16). The Bertz CT molecular complexity index is 494. The van der Waals surface area contributed by atoms with Crippen molar-refractivity contribution in [2.24, 2.45) is 0 Å². The van der Waals surface area contributed by atoms with Gasteiger partial charge in [0.2, 0.25) is 0 Å². The summed E-state index contributed by atoms with van der Waals surface area (Å²) in [6.45, 7) is 0. The summed E-state index contributed by atoms with van der Waals surface area (Å²) in [6, 6.07) is 5.63. The van der Waals surface area contributed by atoms with E-state index in [0.717, 1.165) is 23.7 Å². The fourth-order valence-corrected chi connectivity index (χ4v) is 3.59. The molecule has 2 bridgehead atoms. The van der Waals surface area contributed by atoms with Crippen molar-refractivity contribution in [2.75, 3.05) is 0 Å². The molecule has 3 atom stereocenters. The number of hydrogen-bond acceptors (Lipinski definition) is 3. The number of nitrogens with one attached hydrogen (secondary N) is 1. The number of thiol groups is 1. The first-order valence-corrected chi connectivity index (χ1v) is 7.32. The van der Waals surface area contributed by atoms with Crippen LogP contribution in [0.2, 0.25) is 0 Å². The van der Waals surface area contributed by atoms with Crippen LogP contribution in [0.1, 0.15) is 29.6 Å². The number of hydrogen-bond donors (Lipinski definition) is 2. The van der Waals surface area contributed by atoms with E-state index in [-0.39, 0.29) is 18.1 Å². The van der Waals surface area contributed by atoms with Crippen LogP contribution in [0.5, 0.6) is 0 Å². The Hall–Kier alpha value is -0.520. The predicted octanol–water partition coefficient (Wildman–Crippen LogP) is 2.79. The normalized spacial score (nSPS) is 29.6. The van der Waals surface area contributed by atoms with Crippen molar-refractivity contribution in [1.82, 2.24) is 5.32 Å². The Morgan fingerprint density at radius 3 is 2.89 bits per heavy atom. The molecule has 3 nitrogen and oxygen atoms in total. The Kier molecular flexibility index (Phi) is 3.38. The van der Waals surface area contributed by atoms with Crippen molar-refractivity contribution in [3.05, 3.63) is 28.2 Å². The summed E-state index contributed by atoms with van der Waals surface area (Å²) in [7, 11) is 0. The molecule has 1 aromatic rings. The lowest BCUT2D eigenvalue weighted by Gasteiger charge is -2.20. The third-order valence-corrected chi connectivity index (χ3v) is 4.49. The van der Waals surface area contributed by atoms with Crippen LogP contribution >= 0.6 is 28.6 Å². The zero-order valence-electron chi connectivity index (χ0n) is 9.73. The van der Waals surface area contributed by atoms with Crippen LogP contribution in [0.25, 0.3) is 0 Å². The molecule has 96 valence electrons. The second-order valence-corrected chi connectivity index (χ2v) is 6.25.